The second-order valence-electron chi connectivity index (χ2n) is 4.61. The molecule has 0 saturated heterocycles. The molecule has 1 atom stereocenters. The van der Waals surface area contributed by atoms with E-state index < -0.39 is 0 Å². The van der Waals surface area contributed by atoms with Gasteiger partial charge in [0, 0.05) is 17.5 Å². The van der Waals surface area contributed by atoms with Crippen molar-refractivity contribution in [3.63, 3.8) is 0 Å². The highest BCUT2D eigenvalue weighted by molar-refractivity contribution is 7.10. The van der Waals surface area contributed by atoms with E-state index in [-0.39, 0.29) is 11.9 Å². The third-order valence-electron chi connectivity index (χ3n) is 3.49. The van der Waals surface area contributed by atoms with E-state index in [1.807, 2.05) is 17.0 Å². The molecular formula is C15H15NO2S. The largest absolute Gasteiger partial charge is 0.465 e. The summed E-state index contributed by atoms with van der Waals surface area (Å²) >= 11 is 1.78. The Bertz CT molecular complexity index is 597. The van der Waals surface area contributed by atoms with Gasteiger partial charge in [0.15, 0.2) is 0 Å². The molecule has 3 heterocycles. The minimum Gasteiger partial charge on any atom is -0.465 e. The topological polar surface area (TPSA) is 33.5 Å². The van der Waals surface area contributed by atoms with E-state index in [4.69, 9.17) is 4.42 Å². The van der Waals surface area contributed by atoms with Gasteiger partial charge in [-0.15, -0.1) is 11.3 Å². The monoisotopic (exact) mass is 273 g/mol. The van der Waals surface area contributed by atoms with Crippen molar-refractivity contribution in [2.24, 2.45) is 0 Å². The van der Waals surface area contributed by atoms with Crippen molar-refractivity contribution in [1.29, 1.82) is 0 Å². The molecule has 1 aliphatic heterocycles. The fourth-order valence-electron chi connectivity index (χ4n) is 2.45. The molecule has 0 aliphatic carbocycles. The van der Waals surface area contributed by atoms with Crippen LogP contribution in [-0.2, 0) is 11.2 Å². The number of thiophene rings is 1. The zero-order valence-corrected chi connectivity index (χ0v) is 11.5. The van der Waals surface area contributed by atoms with Crippen LogP contribution in [0.3, 0.4) is 0 Å². The Morgan fingerprint density at radius 3 is 3.21 bits per heavy atom. The molecule has 4 heteroatoms. The van der Waals surface area contributed by atoms with Crippen LogP contribution in [0.5, 0.6) is 0 Å². The van der Waals surface area contributed by atoms with Crippen LogP contribution in [0.25, 0.3) is 6.08 Å². The van der Waals surface area contributed by atoms with Crippen LogP contribution in [0.2, 0.25) is 0 Å². The van der Waals surface area contributed by atoms with Gasteiger partial charge in [-0.3, -0.25) is 4.79 Å². The molecular weight excluding hydrogens is 258 g/mol. The molecule has 0 N–H and O–H groups in total. The Hall–Kier alpha value is -1.81. The normalized spacial score (nSPS) is 18.8. The average Bonchev–Trinajstić information content (AvgIpc) is 3.07. The average molecular weight is 273 g/mol. The second-order valence-corrected chi connectivity index (χ2v) is 5.61. The minimum atomic E-state index is 0.0424. The third-order valence-corrected chi connectivity index (χ3v) is 4.49. The van der Waals surface area contributed by atoms with Crippen molar-refractivity contribution in [1.82, 2.24) is 4.90 Å². The first-order chi connectivity index (χ1) is 9.25. The van der Waals surface area contributed by atoms with Crippen LogP contribution < -0.4 is 0 Å². The molecule has 19 heavy (non-hydrogen) atoms. The van der Waals surface area contributed by atoms with Gasteiger partial charge >= 0.3 is 0 Å². The molecule has 0 aromatic carbocycles. The van der Waals surface area contributed by atoms with Gasteiger partial charge in [0.2, 0.25) is 5.91 Å². The lowest BCUT2D eigenvalue weighted by Gasteiger charge is -2.32. The molecule has 2 aromatic heterocycles. The fraction of sp³-hybridized carbons (Fsp3) is 0.267. The summed E-state index contributed by atoms with van der Waals surface area (Å²) in [6.07, 6.45) is 5.87. The van der Waals surface area contributed by atoms with Gasteiger partial charge in [-0.05, 0) is 48.6 Å². The Labute approximate surface area is 116 Å². The van der Waals surface area contributed by atoms with E-state index in [9.17, 15) is 4.79 Å². The first-order valence-corrected chi connectivity index (χ1v) is 7.22. The quantitative estimate of drug-likeness (QED) is 0.785. The number of furan rings is 1. The van der Waals surface area contributed by atoms with Crippen molar-refractivity contribution >= 4 is 23.3 Å². The van der Waals surface area contributed by atoms with E-state index in [0.29, 0.717) is 5.76 Å². The Balaban J connectivity index is 1.75. The van der Waals surface area contributed by atoms with Gasteiger partial charge in [0.25, 0.3) is 0 Å². The van der Waals surface area contributed by atoms with Crippen molar-refractivity contribution in [2.45, 2.75) is 19.4 Å². The molecule has 0 fully saturated rings. The lowest BCUT2D eigenvalue weighted by molar-refractivity contribution is -0.128. The van der Waals surface area contributed by atoms with Crippen LogP contribution in [0, 0.1) is 0 Å². The standard InChI is InChI=1S/C15H15NO2S/c1-11-13-7-10-19-14(13)6-8-16(11)15(17)5-4-12-3-2-9-18-12/h2-5,7,9-11H,6,8H2,1H3/b5-4+/t11-/m1/s1. The van der Waals surface area contributed by atoms with E-state index in [1.54, 1.807) is 29.8 Å². The molecule has 0 bridgehead atoms. The van der Waals surface area contributed by atoms with Gasteiger partial charge < -0.3 is 9.32 Å². The van der Waals surface area contributed by atoms with Gasteiger partial charge in [-0.25, -0.2) is 0 Å². The lowest BCUT2D eigenvalue weighted by Crippen LogP contribution is -2.37. The van der Waals surface area contributed by atoms with Crippen LogP contribution >= 0.6 is 11.3 Å². The van der Waals surface area contributed by atoms with Crippen LogP contribution in [-0.4, -0.2) is 17.4 Å². The second kappa shape index (κ2) is 5.05. The third kappa shape index (κ3) is 2.36. The van der Waals surface area contributed by atoms with Gasteiger partial charge in [-0.2, -0.15) is 0 Å². The lowest BCUT2D eigenvalue weighted by atomic mass is 10.0. The predicted octanol–water partition coefficient (Wildman–Crippen LogP) is 3.50. The van der Waals surface area contributed by atoms with Crippen LogP contribution in [0.1, 0.15) is 29.2 Å². The molecule has 2 aromatic rings. The summed E-state index contributed by atoms with van der Waals surface area (Å²) in [7, 11) is 0. The molecule has 1 amide bonds. The molecule has 0 saturated carbocycles. The first kappa shape index (κ1) is 12.2. The number of amides is 1. The smallest absolute Gasteiger partial charge is 0.247 e. The predicted molar refractivity (Wildman–Crippen MR) is 75.9 cm³/mol. The van der Waals surface area contributed by atoms with Crippen molar-refractivity contribution in [3.8, 4) is 0 Å². The Kier molecular flexibility index (Phi) is 3.25. The summed E-state index contributed by atoms with van der Waals surface area (Å²) in [5.74, 6) is 0.745. The highest BCUT2D eigenvalue weighted by Crippen LogP contribution is 2.32. The zero-order chi connectivity index (χ0) is 13.2. The highest BCUT2D eigenvalue weighted by Gasteiger charge is 2.26. The number of hydrogen-bond donors (Lipinski definition) is 0. The number of hydrogen-bond acceptors (Lipinski definition) is 3. The van der Waals surface area contributed by atoms with E-state index >= 15 is 0 Å². The zero-order valence-electron chi connectivity index (χ0n) is 10.7. The molecule has 0 spiro atoms. The fourth-order valence-corrected chi connectivity index (χ4v) is 3.41. The highest BCUT2D eigenvalue weighted by atomic mass is 32.1. The minimum absolute atomic E-state index is 0.0424. The first-order valence-electron chi connectivity index (χ1n) is 6.34. The Morgan fingerprint density at radius 2 is 2.42 bits per heavy atom. The van der Waals surface area contributed by atoms with Crippen LogP contribution in [0.15, 0.2) is 40.3 Å². The Morgan fingerprint density at radius 1 is 1.53 bits per heavy atom. The molecule has 3 rings (SSSR count). The van der Waals surface area contributed by atoms with Gasteiger partial charge in [-0.1, -0.05) is 0 Å². The molecule has 1 aliphatic rings. The molecule has 0 radical (unpaired) electrons. The van der Waals surface area contributed by atoms with E-state index in [0.717, 1.165) is 13.0 Å². The summed E-state index contributed by atoms with van der Waals surface area (Å²) in [5.41, 5.74) is 1.29. The number of rotatable bonds is 2. The number of carbonyl (C=O) groups excluding carboxylic acids is 1. The number of fused-ring (bicyclic) bond motifs is 1. The molecule has 3 nitrogen and oxygen atoms in total. The van der Waals surface area contributed by atoms with E-state index in [1.165, 1.54) is 10.4 Å². The van der Waals surface area contributed by atoms with Gasteiger partial charge in [0.1, 0.15) is 5.76 Å². The van der Waals surface area contributed by atoms with Gasteiger partial charge in [0.05, 0.1) is 12.3 Å². The maximum absolute atomic E-state index is 12.2. The SMILES string of the molecule is C[C@@H]1c2ccsc2CCN1C(=O)/C=C/c1ccco1. The maximum Gasteiger partial charge on any atom is 0.247 e. The summed E-state index contributed by atoms with van der Waals surface area (Å²) in [6.45, 7) is 2.87. The number of nitrogens with zero attached hydrogens (tertiary/aromatic N) is 1. The van der Waals surface area contributed by atoms with Crippen molar-refractivity contribution in [2.75, 3.05) is 6.54 Å². The summed E-state index contributed by atoms with van der Waals surface area (Å²) in [6, 6.07) is 5.93. The summed E-state index contributed by atoms with van der Waals surface area (Å²) in [4.78, 5) is 15.6. The van der Waals surface area contributed by atoms with Crippen molar-refractivity contribution < 1.29 is 9.21 Å². The molecule has 0 unspecified atom stereocenters. The van der Waals surface area contributed by atoms with Crippen molar-refractivity contribution in [3.05, 3.63) is 52.1 Å². The summed E-state index contributed by atoms with van der Waals surface area (Å²) < 4.78 is 5.19. The molecule has 98 valence electrons. The maximum atomic E-state index is 12.2. The van der Waals surface area contributed by atoms with Crippen LogP contribution in [0.4, 0.5) is 0 Å². The number of carbonyl (C=O) groups is 1. The summed E-state index contributed by atoms with van der Waals surface area (Å²) in [5, 5.41) is 2.10. The van der Waals surface area contributed by atoms with E-state index in [2.05, 4.69) is 18.4 Å².